The van der Waals surface area contributed by atoms with Crippen LogP contribution < -0.4 is 0 Å². The molecule has 3 unspecified atom stereocenters. The Morgan fingerprint density at radius 3 is 2.42 bits per heavy atom. The molecule has 72 valence electrons. The Kier molecular flexibility index (Phi) is 5.20. The van der Waals surface area contributed by atoms with Gasteiger partial charge in [-0.05, 0) is 6.92 Å². The highest BCUT2D eigenvalue weighted by molar-refractivity contribution is 6.30. The van der Waals surface area contributed by atoms with Crippen LogP contribution >= 0.6 is 11.6 Å². The van der Waals surface area contributed by atoms with Crippen molar-refractivity contribution in [2.45, 2.75) is 30.9 Å². The van der Waals surface area contributed by atoms with Crippen molar-refractivity contribution >= 4 is 17.6 Å². The Morgan fingerprint density at radius 2 is 2.08 bits per heavy atom. The quantitative estimate of drug-likeness (QED) is 0.487. The number of carbonyl (C=O) groups excluding carboxylic acids is 1. The number of carbonyl (C=O) groups is 1. The zero-order valence-electron chi connectivity index (χ0n) is 7.03. The summed E-state index contributed by atoms with van der Waals surface area (Å²) in [5.41, 5.74) is 0. The monoisotopic (exact) mass is 196 g/mol. The first-order chi connectivity index (χ1) is 5.49. The van der Waals surface area contributed by atoms with E-state index in [2.05, 4.69) is 4.74 Å². The second-order valence-corrected chi connectivity index (χ2v) is 3.05. The number of hydrogen-bond donors (Lipinski definition) is 2. The predicted molar refractivity (Wildman–Crippen MR) is 44.0 cm³/mol. The number of esters is 1. The van der Waals surface area contributed by atoms with Crippen LogP contribution in [0.15, 0.2) is 0 Å². The standard InChI is InChI=1S/C7H13ClO4/c1-4(9)3-5(10)6(8)7(11)12-2/h4-6,9-10H,3H2,1-2H3. The molecule has 0 bridgehead atoms. The summed E-state index contributed by atoms with van der Waals surface area (Å²) >= 11 is 5.49. The number of halogens is 1. The molecule has 0 radical (unpaired) electrons. The Morgan fingerprint density at radius 1 is 1.58 bits per heavy atom. The van der Waals surface area contributed by atoms with Crippen LogP contribution in [0.5, 0.6) is 0 Å². The highest BCUT2D eigenvalue weighted by Crippen LogP contribution is 2.10. The summed E-state index contributed by atoms with van der Waals surface area (Å²) in [6.45, 7) is 1.50. The van der Waals surface area contributed by atoms with E-state index in [1.165, 1.54) is 14.0 Å². The lowest BCUT2D eigenvalue weighted by Crippen LogP contribution is -2.32. The maximum absolute atomic E-state index is 10.7. The van der Waals surface area contributed by atoms with Gasteiger partial charge < -0.3 is 14.9 Å². The lowest BCUT2D eigenvalue weighted by Gasteiger charge is -2.15. The first-order valence-electron chi connectivity index (χ1n) is 3.57. The highest BCUT2D eigenvalue weighted by Gasteiger charge is 2.25. The third-order valence-electron chi connectivity index (χ3n) is 1.35. The normalized spacial score (nSPS) is 18.1. The Bertz CT molecular complexity index is 148. The van der Waals surface area contributed by atoms with Gasteiger partial charge in [0.15, 0.2) is 5.38 Å². The molecule has 4 nitrogen and oxygen atoms in total. The zero-order chi connectivity index (χ0) is 9.72. The van der Waals surface area contributed by atoms with Crippen molar-refractivity contribution < 1.29 is 19.7 Å². The molecule has 0 spiro atoms. The van der Waals surface area contributed by atoms with Crippen LogP contribution in [0.2, 0.25) is 0 Å². The lowest BCUT2D eigenvalue weighted by molar-refractivity contribution is -0.142. The summed E-state index contributed by atoms with van der Waals surface area (Å²) in [7, 11) is 1.19. The van der Waals surface area contributed by atoms with Crippen molar-refractivity contribution in [3.8, 4) is 0 Å². The fraction of sp³-hybridized carbons (Fsp3) is 0.857. The van der Waals surface area contributed by atoms with Gasteiger partial charge in [0.2, 0.25) is 0 Å². The molecule has 0 saturated carbocycles. The second kappa shape index (κ2) is 5.35. The van der Waals surface area contributed by atoms with E-state index in [4.69, 9.17) is 16.7 Å². The van der Waals surface area contributed by atoms with Gasteiger partial charge in [-0.25, -0.2) is 0 Å². The van der Waals surface area contributed by atoms with Gasteiger partial charge in [0.25, 0.3) is 0 Å². The number of methoxy groups -OCH3 is 1. The Labute approximate surface area is 76.1 Å². The fourth-order valence-corrected chi connectivity index (χ4v) is 0.931. The second-order valence-electron chi connectivity index (χ2n) is 2.58. The number of ether oxygens (including phenoxy) is 1. The molecule has 0 heterocycles. The Hall–Kier alpha value is -0.320. The van der Waals surface area contributed by atoms with Gasteiger partial charge in [-0.2, -0.15) is 0 Å². The van der Waals surface area contributed by atoms with Gasteiger partial charge in [-0.1, -0.05) is 0 Å². The van der Waals surface area contributed by atoms with Crippen molar-refractivity contribution in [3.05, 3.63) is 0 Å². The minimum absolute atomic E-state index is 0.0588. The summed E-state index contributed by atoms with van der Waals surface area (Å²) in [6.07, 6.45) is -1.70. The molecule has 3 atom stereocenters. The maximum Gasteiger partial charge on any atom is 0.326 e. The summed E-state index contributed by atoms with van der Waals surface area (Å²) in [5.74, 6) is -0.690. The highest BCUT2D eigenvalue weighted by atomic mass is 35.5. The number of rotatable bonds is 4. The van der Waals surface area contributed by atoms with E-state index < -0.39 is 23.6 Å². The van der Waals surface area contributed by atoms with E-state index >= 15 is 0 Å². The molecule has 0 aromatic heterocycles. The number of alkyl halides is 1. The van der Waals surface area contributed by atoms with E-state index in [0.29, 0.717) is 0 Å². The molecule has 0 amide bonds. The molecule has 0 fully saturated rings. The summed E-state index contributed by atoms with van der Waals surface area (Å²) in [5, 5.41) is 16.9. The van der Waals surface area contributed by atoms with Crippen LogP contribution in [0, 0.1) is 0 Å². The smallest absolute Gasteiger partial charge is 0.326 e. The summed E-state index contributed by atoms with van der Waals surface area (Å²) < 4.78 is 4.30. The van der Waals surface area contributed by atoms with E-state index in [1.807, 2.05) is 0 Å². The average Bonchev–Trinajstić information content (AvgIpc) is 2.00. The molecule has 0 aliphatic rings. The molecule has 0 aliphatic heterocycles. The van der Waals surface area contributed by atoms with E-state index in [9.17, 15) is 9.90 Å². The number of aliphatic hydroxyl groups excluding tert-OH is 2. The van der Waals surface area contributed by atoms with E-state index in [1.54, 1.807) is 0 Å². The lowest BCUT2D eigenvalue weighted by atomic mass is 10.1. The van der Waals surface area contributed by atoms with Crippen LogP contribution in [0.4, 0.5) is 0 Å². The van der Waals surface area contributed by atoms with Gasteiger partial charge in [0, 0.05) is 6.42 Å². The predicted octanol–water partition coefficient (Wildman–Crippen LogP) is -0.101. The molecule has 0 aromatic rings. The third kappa shape index (κ3) is 3.90. The van der Waals surface area contributed by atoms with E-state index in [-0.39, 0.29) is 6.42 Å². The first kappa shape index (κ1) is 11.7. The third-order valence-corrected chi connectivity index (χ3v) is 1.82. The number of hydrogen-bond acceptors (Lipinski definition) is 4. The Balaban J connectivity index is 3.91. The average molecular weight is 197 g/mol. The molecular formula is C7H13ClO4. The minimum atomic E-state index is -1.11. The molecule has 0 aromatic carbocycles. The van der Waals surface area contributed by atoms with Gasteiger partial charge in [-0.15, -0.1) is 11.6 Å². The summed E-state index contributed by atoms with van der Waals surface area (Å²) in [4.78, 5) is 10.7. The maximum atomic E-state index is 10.7. The first-order valence-corrected chi connectivity index (χ1v) is 4.00. The van der Waals surface area contributed by atoms with Crippen LogP contribution in [-0.2, 0) is 9.53 Å². The molecule has 0 aliphatic carbocycles. The molecule has 0 saturated heterocycles. The molecular weight excluding hydrogens is 184 g/mol. The van der Waals surface area contributed by atoms with Gasteiger partial charge >= 0.3 is 5.97 Å². The summed E-state index contributed by atoms with van der Waals surface area (Å²) in [6, 6.07) is 0. The van der Waals surface area contributed by atoms with E-state index in [0.717, 1.165) is 0 Å². The van der Waals surface area contributed by atoms with Crippen LogP contribution in [-0.4, -0.2) is 40.9 Å². The topological polar surface area (TPSA) is 66.8 Å². The van der Waals surface area contributed by atoms with Gasteiger partial charge in [0.05, 0.1) is 19.3 Å². The van der Waals surface area contributed by atoms with Crippen LogP contribution in [0.3, 0.4) is 0 Å². The molecule has 0 rings (SSSR count). The minimum Gasteiger partial charge on any atom is -0.468 e. The molecule has 5 heteroatoms. The SMILES string of the molecule is COC(=O)C(Cl)C(O)CC(C)O. The van der Waals surface area contributed by atoms with Crippen molar-refractivity contribution in [3.63, 3.8) is 0 Å². The zero-order valence-corrected chi connectivity index (χ0v) is 7.78. The number of aliphatic hydroxyl groups is 2. The van der Waals surface area contributed by atoms with Gasteiger partial charge in [0.1, 0.15) is 0 Å². The largest absolute Gasteiger partial charge is 0.468 e. The van der Waals surface area contributed by atoms with Gasteiger partial charge in [-0.3, -0.25) is 4.79 Å². The molecule has 2 N–H and O–H groups in total. The van der Waals surface area contributed by atoms with Crippen molar-refractivity contribution in [1.29, 1.82) is 0 Å². The van der Waals surface area contributed by atoms with Crippen molar-refractivity contribution in [2.75, 3.05) is 7.11 Å². The van der Waals surface area contributed by atoms with Crippen LogP contribution in [0.25, 0.3) is 0 Å². The van der Waals surface area contributed by atoms with Crippen molar-refractivity contribution in [1.82, 2.24) is 0 Å². The van der Waals surface area contributed by atoms with Crippen molar-refractivity contribution in [2.24, 2.45) is 0 Å². The molecule has 12 heavy (non-hydrogen) atoms. The fourth-order valence-electron chi connectivity index (χ4n) is 0.739. The van der Waals surface area contributed by atoms with Crippen LogP contribution in [0.1, 0.15) is 13.3 Å².